The van der Waals surface area contributed by atoms with Gasteiger partial charge in [0.25, 0.3) is 0 Å². The van der Waals surface area contributed by atoms with Crippen molar-refractivity contribution in [3.05, 3.63) is 247 Å². The Labute approximate surface area is 328 Å². The van der Waals surface area contributed by atoms with Gasteiger partial charge < -0.3 is 4.90 Å². The highest BCUT2D eigenvalue weighted by Gasteiger charge is 2.52. The molecule has 1 heteroatoms. The molecule has 0 atom stereocenters. The second-order valence-corrected chi connectivity index (χ2v) is 14.8. The third-order valence-electron chi connectivity index (χ3n) is 11.9. The predicted molar refractivity (Wildman–Crippen MR) is 234 cm³/mol. The van der Waals surface area contributed by atoms with E-state index in [1.54, 1.807) is 0 Å². The van der Waals surface area contributed by atoms with Crippen molar-refractivity contribution in [2.45, 2.75) is 5.41 Å². The lowest BCUT2D eigenvalue weighted by atomic mass is 9.70. The van der Waals surface area contributed by atoms with Crippen molar-refractivity contribution in [3.63, 3.8) is 0 Å². The van der Waals surface area contributed by atoms with Gasteiger partial charge in [-0.05, 0) is 103 Å². The van der Waals surface area contributed by atoms with Gasteiger partial charge in [-0.2, -0.15) is 0 Å². The molecule has 0 unspecified atom stereocenters. The zero-order chi connectivity index (χ0) is 37.1. The highest BCUT2D eigenvalue weighted by Crippen LogP contribution is 2.64. The monoisotopic (exact) mass is 711 g/mol. The molecule has 0 saturated heterocycles. The maximum absolute atomic E-state index is 2.43. The third kappa shape index (κ3) is 4.81. The second-order valence-electron chi connectivity index (χ2n) is 14.8. The average Bonchev–Trinajstić information content (AvgIpc) is 3.76. The van der Waals surface area contributed by atoms with E-state index in [-0.39, 0.29) is 0 Å². The number of hydrogen-bond donors (Lipinski definition) is 0. The molecule has 0 heterocycles. The Morgan fingerprint density at radius 3 is 1.16 bits per heavy atom. The highest BCUT2D eigenvalue weighted by atomic mass is 15.1. The first kappa shape index (κ1) is 32.2. The van der Waals surface area contributed by atoms with Crippen molar-refractivity contribution in [2.24, 2.45) is 0 Å². The van der Waals surface area contributed by atoms with Gasteiger partial charge in [-0.1, -0.05) is 194 Å². The summed E-state index contributed by atoms with van der Waals surface area (Å²) < 4.78 is 0. The Hall–Kier alpha value is -7.22. The summed E-state index contributed by atoms with van der Waals surface area (Å²) in [5, 5.41) is 0. The first-order chi connectivity index (χ1) is 27.8. The van der Waals surface area contributed by atoms with Crippen molar-refractivity contribution in [1.29, 1.82) is 0 Å². The van der Waals surface area contributed by atoms with Crippen LogP contribution in [0.25, 0.3) is 55.6 Å². The molecular formula is C55H37N. The summed E-state index contributed by atoms with van der Waals surface area (Å²) in [4.78, 5) is 2.43. The minimum absolute atomic E-state index is 0.399. The molecule has 2 aliphatic rings. The molecule has 0 radical (unpaired) electrons. The maximum Gasteiger partial charge on any atom is 0.0725 e. The van der Waals surface area contributed by atoms with Gasteiger partial charge >= 0.3 is 0 Å². The largest absolute Gasteiger partial charge is 0.310 e. The summed E-state index contributed by atoms with van der Waals surface area (Å²) in [6.07, 6.45) is 0. The van der Waals surface area contributed by atoms with Crippen molar-refractivity contribution in [2.75, 3.05) is 4.90 Å². The third-order valence-corrected chi connectivity index (χ3v) is 11.9. The topological polar surface area (TPSA) is 3.24 Å². The number of rotatable bonds is 6. The molecule has 262 valence electrons. The van der Waals surface area contributed by atoms with E-state index < -0.39 is 5.41 Å². The second kappa shape index (κ2) is 13.0. The van der Waals surface area contributed by atoms with Crippen LogP contribution in [0.2, 0.25) is 0 Å². The van der Waals surface area contributed by atoms with Crippen molar-refractivity contribution >= 4 is 17.1 Å². The van der Waals surface area contributed by atoms with E-state index in [1.165, 1.54) is 77.9 Å². The van der Waals surface area contributed by atoms with E-state index >= 15 is 0 Å². The molecule has 11 rings (SSSR count). The van der Waals surface area contributed by atoms with Crippen LogP contribution in [0.1, 0.15) is 22.3 Å². The van der Waals surface area contributed by atoms with E-state index in [2.05, 4.69) is 229 Å². The van der Waals surface area contributed by atoms with Gasteiger partial charge in [-0.25, -0.2) is 0 Å². The Morgan fingerprint density at radius 2 is 0.625 bits per heavy atom. The van der Waals surface area contributed by atoms with Gasteiger partial charge in [-0.3, -0.25) is 0 Å². The van der Waals surface area contributed by atoms with E-state index in [1.807, 2.05) is 0 Å². The van der Waals surface area contributed by atoms with Gasteiger partial charge in [0.2, 0.25) is 0 Å². The quantitative estimate of drug-likeness (QED) is 0.166. The Morgan fingerprint density at radius 1 is 0.250 bits per heavy atom. The molecule has 9 aromatic carbocycles. The number of para-hydroxylation sites is 1. The zero-order valence-corrected chi connectivity index (χ0v) is 30.8. The van der Waals surface area contributed by atoms with Crippen LogP contribution in [0.4, 0.5) is 17.1 Å². The smallest absolute Gasteiger partial charge is 0.0725 e. The van der Waals surface area contributed by atoms with Crippen LogP contribution in [-0.2, 0) is 5.41 Å². The lowest BCUT2D eigenvalue weighted by Crippen LogP contribution is -2.25. The van der Waals surface area contributed by atoms with Gasteiger partial charge in [0.05, 0.1) is 11.1 Å². The van der Waals surface area contributed by atoms with E-state index in [0.717, 1.165) is 17.1 Å². The van der Waals surface area contributed by atoms with E-state index in [0.29, 0.717) is 0 Å². The van der Waals surface area contributed by atoms with Gasteiger partial charge in [0.15, 0.2) is 0 Å². The van der Waals surface area contributed by atoms with Gasteiger partial charge in [0.1, 0.15) is 0 Å². The molecule has 2 aliphatic carbocycles. The number of hydrogen-bond acceptors (Lipinski definition) is 1. The van der Waals surface area contributed by atoms with Crippen LogP contribution in [0.3, 0.4) is 0 Å². The van der Waals surface area contributed by atoms with Crippen molar-refractivity contribution in [1.82, 2.24) is 0 Å². The van der Waals surface area contributed by atoms with Crippen molar-refractivity contribution < 1.29 is 0 Å². The first-order valence-electron chi connectivity index (χ1n) is 19.4. The molecule has 0 aromatic heterocycles. The first-order valence-corrected chi connectivity index (χ1v) is 19.4. The summed E-state index contributed by atoms with van der Waals surface area (Å²) >= 11 is 0. The van der Waals surface area contributed by atoms with Crippen LogP contribution in [-0.4, -0.2) is 0 Å². The molecular weight excluding hydrogens is 675 g/mol. The summed E-state index contributed by atoms with van der Waals surface area (Å²) in [6.45, 7) is 0. The maximum atomic E-state index is 2.43. The highest BCUT2D eigenvalue weighted by molar-refractivity contribution is 6.02. The SMILES string of the molecule is c1ccc(-c2ccc(N(c3ccc(-c4ccccc4)cc3)c3ccccc3-c3cccc4c3-c3ccccc3C43c4ccccc4-c4ccccc43)cc2)cc1. The average molecular weight is 712 g/mol. The van der Waals surface area contributed by atoms with Crippen LogP contribution < -0.4 is 4.90 Å². The molecule has 9 aromatic rings. The molecule has 1 spiro atoms. The zero-order valence-electron chi connectivity index (χ0n) is 30.8. The molecule has 0 amide bonds. The van der Waals surface area contributed by atoms with E-state index in [4.69, 9.17) is 0 Å². The lowest BCUT2D eigenvalue weighted by Gasteiger charge is -2.31. The van der Waals surface area contributed by atoms with Crippen LogP contribution in [0.5, 0.6) is 0 Å². The minimum atomic E-state index is -0.399. The summed E-state index contributed by atoms with van der Waals surface area (Å²) in [5.74, 6) is 0. The summed E-state index contributed by atoms with van der Waals surface area (Å²) in [7, 11) is 0. The fourth-order valence-electron chi connectivity index (χ4n) is 9.56. The van der Waals surface area contributed by atoms with Crippen LogP contribution >= 0.6 is 0 Å². The summed E-state index contributed by atoms with van der Waals surface area (Å²) in [5.41, 5.74) is 20.8. The molecule has 0 N–H and O–H groups in total. The van der Waals surface area contributed by atoms with Gasteiger partial charge in [0, 0.05) is 16.9 Å². The fourth-order valence-corrected chi connectivity index (χ4v) is 9.56. The lowest BCUT2D eigenvalue weighted by molar-refractivity contribution is 0.794. The normalized spacial score (nSPS) is 12.8. The molecule has 0 fully saturated rings. The molecule has 56 heavy (non-hydrogen) atoms. The summed E-state index contributed by atoms with van der Waals surface area (Å²) in [6, 6.07) is 82.3. The fraction of sp³-hybridized carbons (Fsp3) is 0.0182. The van der Waals surface area contributed by atoms with Crippen LogP contribution in [0, 0.1) is 0 Å². The molecule has 0 bridgehead atoms. The van der Waals surface area contributed by atoms with Crippen LogP contribution in [0.15, 0.2) is 224 Å². The van der Waals surface area contributed by atoms with E-state index in [9.17, 15) is 0 Å². The number of fused-ring (bicyclic) bond motifs is 10. The Bertz CT molecular complexity index is 2760. The number of nitrogens with zero attached hydrogens (tertiary/aromatic N) is 1. The Kier molecular flexibility index (Phi) is 7.47. The standard InChI is InChI=1S/C55H37N/c1-3-16-38(17-4-1)40-30-34-42(35-31-40)56(43-36-32-41(33-37-43)39-18-5-2-6-19-39)53-29-14-10-22-46(53)47-24-15-28-52-54(47)48-23-9-13-27-51(48)55(52)49-25-11-7-20-44(49)45-21-8-12-26-50(45)55/h1-37H. The Balaban J connectivity index is 1.13. The number of benzene rings is 9. The van der Waals surface area contributed by atoms with Gasteiger partial charge in [-0.15, -0.1) is 0 Å². The predicted octanol–water partition coefficient (Wildman–Crippen LogP) is 14.5. The molecule has 0 aliphatic heterocycles. The molecule has 1 nitrogen and oxygen atoms in total. The number of anilines is 3. The molecule has 0 saturated carbocycles. The van der Waals surface area contributed by atoms with Crippen molar-refractivity contribution in [3.8, 4) is 55.6 Å². The minimum Gasteiger partial charge on any atom is -0.310 e.